The van der Waals surface area contributed by atoms with Crippen LogP contribution >= 0.6 is 11.3 Å². The van der Waals surface area contributed by atoms with Gasteiger partial charge in [0, 0.05) is 38.2 Å². The van der Waals surface area contributed by atoms with Gasteiger partial charge in [0.15, 0.2) is 0 Å². The third-order valence-corrected chi connectivity index (χ3v) is 5.26. The first kappa shape index (κ1) is 13.1. The van der Waals surface area contributed by atoms with Gasteiger partial charge in [-0.25, -0.2) is 0 Å². The Morgan fingerprint density at radius 3 is 3.05 bits per heavy atom. The van der Waals surface area contributed by atoms with Crippen molar-refractivity contribution in [3.8, 4) is 0 Å². The molecule has 4 nitrogen and oxygen atoms in total. The Kier molecular flexibility index (Phi) is 3.60. The molecule has 1 aromatic rings. The van der Waals surface area contributed by atoms with Crippen LogP contribution in [0.1, 0.15) is 26.5 Å². The van der Waals surface area contributed by atoms with E-state index in [1.807, 2.05) is 4.90 Å². The highest BCUT2D eigenvalue weighted by atomic mass is 32.1. The van der Waals surface area contributed by atoms with Crippen molar-refractivity contribution in [1.29, 1.82) is 0 Å². The number of nitrogens with zero attached hydrogens (tertiary/aromatic N) is 2. The molecule has 3 heterocycles. The highest BCUT2D eigenvalue weighted by molar-refractivity contribution is 7.14. The zero-order valence-corrected chi connectivity index (χ0v) is 12.3. The Hall–Kier alpha value is -0.910. The van der Waals surface area contributed by atoms with Gasteiger partial charge in [-0.05, 0) is 31.5 Å². The van der Waals surface area contributed by atoms with Crippen LogP contribution in [0.15, 0.2) is 6.07 Å². The molecule has 104 valence electrons. The Morgan fingerprint density at radius 2 is 2.32 bits per heavy atom. The summed E-state index contributed by atoms with van der Waals surface area (Å²) >= 11 is 1.68. The second-order valence-corrected chi connectivity index (χ2v) is 6.58. The van der Waals surface area contributed by atoms with Gasteiger partial charge < -0.3 is 14.5 Å². The molecule has 0 unspecified atom stereocenters. The van der Waals surface area contributed by atoms with Crippen LogP contribution in [-0.2, 0) is 17.7 Å². The molecule has 3 rings (SSSR count). The highest BCUT2D eigenvalue weighted by Crippen LogP contribution is 2.29. The molecule has 0 saturated carbocycles. The van der Waals surface area contributed by atoms with E-state index in [4.69, 9.17) is 4.74 Å². The number of carbonyl (C=O) groups is 1. The molecule has 0 spiro atoms. The Bertz CT molecular complexity index is 486. The standard InChI is InChI=1S/C14H20N2O2S/c1-15-5-4-12-10(8-15)7-13(19-12)14(17)16-6-3-11(9-16)18-2/h7,11H,3-6,8-9H2,1-2H3/t11-/m1/s1. The van der Waals surface area contributed by atoms with Gasteiger partial charge in [0.2, 0.25) is 0 Å². The third kappa shape index (κ3) is 2.55. The topological polar surface area (TPSA) is 32.8 Å². The molecule has 0 bridgehead atoms. The van der Waals surface area contributed by atoms with Crippen molar-refractivity contribution in [2.45, 2.75) is 25.5 Å². The van der Waals surface area contributed by atoms with Crippen LogP contribution in [0.25, 0.3) is 0 Å². The SMILES string of the molecule is CO[C@@H]1CCN(C(=O)c2cc3c(s2)CCN(C)C3)C1. The monoisotopic (exact) mass is 280 g/mol. The lowest BCUT2D eigenvalue weighted by molar-refractivity contribution is 0.0728. The van der Waals surface area contributed by atoms with Crippen molar-refractivity contribution in [3.63, 3.8) is 0 Å². The molecule has 0 aliphatic carbocycles. The summed E-state index contributed by atoms with van der Waals surface area (Å²) in [7, 11) is 3.85. The minimum Gasteiger partial charge on any atom is -0.380 e. The summed E-state index contributed by atoms with van der Waals surface area (Å²) in [5, 5.41) is 0. The fraction of sp³-hybridized carbons (Fsp3) is 0.643. The van der Waals surface area contributed by atoms with Crippen LogP contribution < -0.4 is 0 Å². The van der Waals surface area contributed by atoms with E-state index in [0.717, 1.165) is 43.9 Å². The van der Waals surface area contributed by atoms with Gasteiger partial charge >= 0.3 is 0 Å². The summed E-state index contributed by atoms with van der Waals surface area (Å²) < 4.78 is 5.33. The van der Waals surface area contributed by atoms with E-state index in [2.05, 4.69) is 18.0 Å². The lowest BCUT2D eigenvalue weighted by Gasteiger charge is -2.21. The molecule has 1 atom stereocenters. The molecule has 2 aliphatic rings. The van der Waals surface area contributed by atoms with Crippen LogP contribution in [0.4, 0.5) is 0 Å². The Labute approximate surface area is 118 Å². The fourth-order valence-corrected chi connectivity index (χ4v) is 3.97. The van der Waals surface area contributed by atoms with Gasteiger partial charge in [0.25, 0.3) is 5.91 Å². The zero-order chi connectivity index (χ0) is 13.4. The first-order chi connectivity index (χ1) is 9.17. The third-order valence-electron chi connectivity index (χ3n) is 4.03. The molecular weight excluding hydrogens is 260 g/mol. The molecule has 0 aromatic carbocycles. The van der Waals surface area contributed by atoms with Gasteiger partial charge in [-0.3, -0.25) is 4.79 Å². The lowest BCUT2D eigenvalue weighted by atomic mass is 10.1. The average Bonchev–Trinajstić information content (AvgIpc) is 3.03. The van der Waals surface area contributed by atoms with Crippen LogP contribution in [-0.4, -0.2) is 55.6 Å². The highest BCUT2D eigenvalue weighted by Gasteiger charge is 2.28. The predicted molar refractivity (Wildman–Crippen MR) is 75.7 cm³/mol. The number of fused-ring (bicyclic) bond motifs is 1. The molecule has 1 saturated heterocycles. The van der Waals surface area contributed by atoms with Crippen LogP contribution in [0.2, 0.25) is 0 Å². The Balaban J connectivity index is 1.74. The van der Waals surface area contributed by atoms with E-state index in [1.54, 1.807) is 18.4 Å². The number of methoxy groups -OCH3 is 1. The molecule has 1 amide bonds. The number of hydrogen-bond donors (Lipinski definition) is 0. The van der Waals surface area contributed by atoms with E-state index >= 15 is 0 Å². The summed E-state index contributed by atoms with van der Waals surface area (Å²) in [4.78, 5) is 19.0. The van der Waals surface area contributed by atoms with Gasteiger partial charge in [-0.15, -0.1) is 11.3 Å². The van der Waals surface area contributed by atoms with Crippen molar-refractivity contribution in [3.05, 3.63) is 21.4 Å². The number of likely N-dealkylation sites (tertiary alicyclic amines) is 1. The number of amides is 1. The first-order valence-electron chi connectivity index (χ1n) is 6.79. The average molecular weight is 280 g/mol. The zero-order valence-electron chi connectivity index (χ0n) is 11.5. The molecule has 1 aromatic heterocycles. The molecule has 5 heteroatoms. The second kappa shape index (κ2) is 5.23. The largest absolute Gasteiger partial charge is 0.380 e. The van der Waals surface area contributed by atoms with Crippen molar-refractivity contribution in [1.82, 2.24) is 9.80 Å². The minimum atomic E-state index is 0.182. The normalized spacial score (nSPS) is 23.7. The van der Waals surface area contributed by atoms with Crippen molar-refractivity contribution in [2.24, 2.45) is 0 Å². The summed E-state index contributed by atoms with van der Waals surface area (Å²) in [5.41, 5.74) is 1.34. The van der Waals surface area contributed by atoms with Crippen LogP contribution in [0.5, 0.6) is 0 Å². The number of carbonyl (C=O) groups excluding carboxylic acids is 1. The van der Waals surface area contributed by atoms with E-state index in [1.165, 1.54) is 10.4 Å². The maximum Gasteiger partial charge on any atom is 0.264 e. The van der Waals surface area contributed by atoms with Crippen molar-refractivity contribution < 1.29 is 9.53 Å². The molecule has 1 fully saturated rings. The number of rotatable bonds is 2. The maximum absolute atomic E-state index is 12.5. The van der Waals surface area contributed by atoms with E-state index < -0.39 is 0 Å². The van der Waals surface area contributed by atoms with Crippen LogP contribution in [0.3, 0.4) is 0 Å². The fourth-order valence-electron chi connectivity index (χ4n) is 2.84. The van der Waals surface area contributed by atoms with E-state index in [9.17, 15) is 4.79 Å². The van der Waals surface area contributed by atoms with Crippen molar-refractivity contribution >= 4 is 17.2 Å². The van der Waals surface area contributed by atoms with Gasteiger partial charge in [0.05, 0.1) is 11.0 Å². The van der Waals surface area contributed by atoms with E-state index in [-0.39, 0.29) is 12.0 Å². The van der Waals surface area contributed by atoms with E-state index in [0.29, 0.717) is 0 Å². The van der Waals surface area contributed by atoms with Crippen LogP contribution in [0, 0.1) is 0 Å². The summed E-state index contributed by atoms with van der Waals surface area (Å²) in [6, 6.07) is 2.10. The number of thiophene rings is 1. The molecule has 0 radical (unpaired) electrons. The summed E-state index contributed by atoms with van der Waals surface area (Å²) in [5.74, 6) is 0.182. The molecule has 2 aliphatic heterocycles. The summed E-state index contributed by atoms with van der Waals surface area (Å²) in [6.07, 6.45) is 2.24. The maximum atomic E-state index is 12.5. The Morgan fingerprint density at radius 1 is 1.47 bits per heavy atom. The first-order valence-corrected chi connectivity index (χ1v) is 7.61. The van der Waals surface area contributed by atoms with Crippen molar-refractivity contribution in [2.75, 3.05) is 33.8 Å². The quantitative estimate of drug-likeness (QED) is 0.825. The van der Waals surface area contributed by atoms with Gasteiger partial charge in [-0.1, -0.05) is 0 Å². The van der Waals surface area contributed by atoms with Gasteiger partial charge in [0.1, 0.15) is 0 Å². The number of ether oxygens (including phenoxy) is 1. The smallest absolute Gasteiger partial charge is 0.264 e. The number of likely N-dealkylation sites (N-methyl/N-ethyl adjacent to an activating group) is 1. The lowest BCUT2D eigenvalue weighted by Crippen LogP contribution is -2.29. The van der Waals surface area contributed by atoms with Gasteiger partial charge in [-0.2, -0.15) is 0 Å². The molecule has 0 N–H and O–H groups in total. The predicted octanol–water partition coefficient (Wildman–Crippen LogP) is 1.60. The minimum absolute atomic E-state index is 0.182. The molecular formula is C14H20N2O2S. The second-order valence-electron chi connectivity index (χ2n) is 5.44. The number of hydrogen-bond acceptors (Lipinski definition) is 4. The summed E-state index contributed by atoms with van der Waals surface area (Å²) in [6.45, 7) is 3.62. The molecule has 19 heavy (non-hydrogen) atoms.